The predicted molar refractivity (Wildman–Crippen MR) is 112 cm³/mol. The third kappa shape index (κ3) is 3.64. The molecule has 1 amide bonds. The molecule has 4 aromatic rings. The van der Waals surface area contributed by atoms with E-state index in [0.717, 1.165) is 10.1 Å². The minimum absolute atomic E-state index is 0.138. The number of methoxy groups -OCH3 is 1. The Bertz CT molecular complexity index is 1510. The molecule has 31 heavy (non-hydrogen) atoms. The number of carbonyl (C=O) groups is 1. The Kier molecular flexibility index (Phi) is 5.41. The van der Waals surface area contributed by atoms with Gasteiger partial charge in [0.05, 0.1) is 23.2 Å². The molecule has 162 valence electrons. The summed E-state index contributed by atoms with van der Waals surface area (Å²) in [5.41, 5.74) is 0.0190. The number of aryl methyl sites for hydroxylation is 1. The van der Waals surface area contributed by atoms with Crippen molar-refractivity contribution in [1.29, 1.82) is 0 Å². The molecule has 10 nitrogen and oxygen atoms in total. The first-order valence-electron chi connectivity index (χ1n) is 9.28. The Morgan fingerprint density at radius 1 is 1.26 bits per heavy atom. The molecule has 3 heterocycles. The van der Waals surface area contributed by atoms with Gasteiger partial charge in [-0.2, -0.15) is 4.99 Å². The summed E-state index contributed by atoms with van der Waals surface area (Å²) in [7, 11) is 4.43. The molecule has 0 bridgehead atoms. The van der Waals surface area contributed by atoms with Crippen LogP contribution in [0.15, 0.2) is 39.1 Å². The number of amides is 1. The van der Waals surface area contributed by atoms with E-state index in [4.69, 9.17) is 4.74 Å². The zero-order valence-corrected chi connectivity index (χ0v) is 17.8. The van der Waals surface area contributed by atoms with Crippen molar-refractivity contribution in [2.24, 2.45) is 19.1 Å². The van der Waals surface area contributed by atoms with Crippen LogP contribution >= 0.6 is 11.3 Å². The molecule has 0 N–H and O–H groups in total. The average Bonchev–Trinajstić information content (AvgIpc) is 3.29. The van der Waals surface area contributed by atoms with E-state index >= 15 is 0 Å². The van der Waals surface area contributed by atoms with E-state index in [1.54, 1.807) is 17.7 Å². The molecule has 4 rings (SSSR count). The average molecular weight is 446 g/mol. The first-order chi connectivity index (χ1) is 14.8. The van der Waals surface area contributed by atoms with E-state index in [9.17, 15) is 18.8 Å². The van der Waals surface area contributed by atoms with Crippen LogP contribution in [-0.2, 0) is 36.7 Å². The molecule has 12 heteroatoms. The Labute approximate surface area is 178 Å². The molecule has 0 radical (unpaired) electrons. The number of halogens is 1. The van der Waals surface area contributed by atoms with Gasteiger partial charge >= 0.3 is 5.69 Å². The molecule has 0 aliphatic carbocycles. The first-order valence-corrected chi connectivity index (χ1v) is 10.1. The van der Waals surface area contributed by atoms with Crippen LogP contribution in [-0.4, -0.2) is 42.9 Å². The summed E-state index contributed by atoms with van der Waals surface area (Å²) in [6.45, 7) is 0.586. The molecule has 0 aliphatic heterocycles. The first kappa shape index (κ1) is 20.9. The van der Waals surface area contributed by atoms with Gasteiger partial charge < -0.3 is 13.9 Å². The Balaban J connectivity index is 1.78. The van der Waals surface area contributed by atoms with Crippen LogP contribution < -0.4 is 16.1 Å². The molecule has 0 unspecified atom stereocenters. The summed E-state index contributed by atoms with van der Waals surface area (Å²) in [5.74, 6) is -0.898. The fraction of sp³-hybridized carbons (Fsp3) is 0.316. The monoisotopic (exact) mass is 446 g/mol. The molecular weight excluding hydrogens is 427 g/mol. The van der Waals surface area contributed by atoms with Crippen molar-refractivity contribution in [3.63, 3.8) is 0 Å². The van der Waals surface area contributed by atoms with Gasteiger partial charge in [-0.1, -0.05) is 11.3 Å². The lowest BCUT2D eigenvalue weighted by Gasteiger charge is -2.05. The van der Waals surface area contributed by atoms with E-state index in [1.165, 1.54) is 53.0 Å². The highest BCUT2D eigenvalue weighted by Gasteiger charge is 2.16. The van der Waals surface area contributed by atoms with Crippen LogP contribution in [0.3, 0.4) is 0 Å². The fourth-order valence-corrected chi connectivity index (χ4v) is 4.43. The van der Waals surface area contributed by atoms with Crippen molar-refractivity contribution in [2.45, 2.75) is 13.1 Å². The number of carbonyl (C=O) groups excluding carboxylic acids is 1. The van der Waals surface area contributed by atoms with E-state index in [0.29, 0.717) is 22.7 Å². The van der Waals surface area contributed by atoms with Crippen LogP contribution in [0.4, 0.5) is 4.39 Å². The van der Waals surface area contributed by atoms with Crippen molar-refractivity contribution in [3.8, 4) is 0 Å². The fourth-order valence-electron chi connectivity index (χ4n) is 3.34. The zero-order valence-electron chi connectivity index (χ0n) is 17.0. The van der Waals surface area contributed by atoms with E-state index in [1.807, 2.05) is 0 Å². The number of thiazole rings is 1. The summed E-state index contributed by atoms with van der Waals surface area (Å²) >= 11 is 1.19. The van der Waals surface area contributed by atoms with Crippen LogP contribution in [0.1, 0.15) is 0 Å². The molecule has 3 aromatic heterocycles. The van der Waals surface area contributed by atoms with Gasteiger partial charge in [0.15, 0.2) is 16.0 Å². The normalized spacial score (nSPS) is 12.3. The molecule has 0 aliphatic rings. The van der Waals surface area contributed by atoms with Gasteiger partial charge in [-0.05, 0) is 18.2 Å². The highest BCUT2D eigenvalue weighted by atomic mass is 32.1. The summed E-state index contributed by atoms with van der Waals surface area (Å²) in [6, 6.07) is 4.37. The minimum Gasteiger partial charge on any atom is -0.383 e. The van der Waals surface area contributed by atoms with Crippen LogP contribution in [0.5, 0.6) is 0 Å². The van der Waals surface area contributed by atoms with Crippen molar-refractivity contribution in [2.75, 3.05) is 13.7 Å². The number of fused-ring (bicyclic) bond motifs is 2. The molecule has 0 saturated carbocycles. The lowest BCUT2D eigenvalue weighted by atomic mass is 10.3. The number of hydrogen-bond acceptors (Lipinski definition) is 6. The van der Waals surface area contributed by atoms with Crippen molar-refractivity contribution >= 4 is 38.6 Å². The van der Waals surface area contributed by atoms with Gasteiger partial charge in [0.25, 0.3) is 11.5 Å². The van der Waals surface area contributed by atoms with Gasteiger partial charge in [0.2, 0.25) is 0 Å². The number of hydrogen-bond donors (Lipinski definition) is 0. The summed E-state index contributed by atoms with van der Waals surface area (Å²) in [5, 5.41) is 0. The van der Waals surface area contributed by atoms with Crippen molar-refractivity contribution < 1.29 is 13.9 Å². The van der Waals surface area contributed by atoms with E-state index in [-0.39, 0.29) is 23.5 Å². The molecule has 1 aromatic carbocycles. The highest BCUT2D eigenvalue weighted by molar-refractivity contribution is 7.16. The number of benzene rings is 1. The lowest BCUT2D eigenvalue weighted by Crippen LogP contribution is -2.37. The quantitative estimate of drug-likeness (QED) is 0.440. The zero-order chi connectivity index (χ0) is 22.3. The maximum absolute atomic E-state index is 13.6. The second-order valence-electron chi connectivity index (χ2n) is 6.90. The Morgan fingerprint density at radius 3 is 2.77 bits per heavy atom. The predicted octanol–water partition coefficient (Wildman–Crippen LogP) is 0.363. The molecule has 0 atom stereocenters. The van der Waals surface area contributed by atoms with Gasteiger partial charge in [-0.25, -0.2) is 14.2 Å². The van der Waals surface area contributed by atoms with E-state index in [2.05, 4.69) is 9.98 Å². The number of aromatic nitrogens is 5. The third-order valence-electron chi connectivity index (χ3n) is 4.91. The second kappa shape index (κ2) is 8.04. The second-order valence-corrected chi connectivity index (χ2v) is 7.91. The van der Waals surface area contributed by atoms with Gasteiger partial charge in [0, 0.05) is 27.7 Å². The number of rotatable bonds is 5. The van der Waals surface area contributed by atoms with Crippen molar-refractivity contribution in [3.05, 3.63) is 56.0 Å². The smallest absolute Gasteiger partial charge is 0.332 e. The summed E-state index contributed by atoms with van der Waals surface area (Å²) in [4.78, 5) is 46.0. The van der Waals surface area contributed by atoms with Gasteiger partial charge in [0.1, 0.15) is 12.4 Å². The topological polar surface area (TPSA) is 105 Å². The molecular formula is C19H19FN6O4S. The molecule has 0 spiro atoms. The van der Waals surface area contributed by atoms with E-state index < -0.39 is 17.2 Å². The van der Waals surface area contributed by atoms with Crippen LogP contribution in [0.25, 0.3) is 21.4 Å². The number of ether oxygens (including phenoxy) is 1. The summed E-state index contributed by atoms with van der Waals surface area (Å²) < 4.78 is 24.8. The van der Waals surface area contributed by atoms with Gasteiger partial charge in [-0.15, -0.1) is 0 Å². The minimum atomic E-state index is -0.545. The molecule has 0 fully saturated rings. The lowest BCUT2D eigenvalue weighted by molar-refractivity contribution is -0.118. The molecule has 0 saturated heterocycles. The largest absolute Gasteiger partial charge is 0.383 e. The SMILES string of the molecule is COCCn1c(=NC(=O)Cn2cnc3c2c(=O)n(C)c(=O)n3C)sc2cc(F)ccc21. The maximum Gasteiger partial charge on any atom is 0.332 e. The standard InChI is InChI=1S/C19H19FN6O4S/c1-23-16-15(17(28)24(2)19(23)29)25(10-21-16)9-14(27)22-18-26(6-7-30-3)12-5-4-11(20)8-13(12)31-18/h4-5,8,10H,6-7,9H2,1-3H3. The number of nitrogens with zero attached hydrogens (tertiary/aromatic N) is 6. The Morgan fingerprint density at radius 2 is 2.03 bits per heavy atom. The Hall–Kier alpha value is -3.38. The summed E-state index contributed by atoms with van der Waals surface area (Å²) in [6.07, 6.45) is 1.33. The van der Waals surface area contributed by atoms with Crippen LogP contribution in [0, 0.1) is 5.82 Å². The van der Waals surface area contributed by atoms with Crippen LogP contribution in [0.2, 0.25) is 0 Å². The maximum atomic E-state index is 13.6. The van der Waals surface area contributed by atoms with Crippen molar-refractivity contribution in [1.82, 2.24) is 23.3 Å². The van der Waals surface area contributed by atoms with Gasteiger partial charge in [-0.3, -0.25) is 18.7 Å². The third-order valence-corrected chi connectivity index (χ3v) is 5.95. The number of imidazole rings is 1. The highest BCUT2D eigenvalue weighted by Crippen LogP contribution is 2.18.